The average molecular weight is 271 g/mol. The first kappa shape index (κ1) is 14.9. The summed E-state index contributed by atoms with van der Waals surface area (Å²) < 4.78 is 5.68. The molecule has 0 saturated heterocycles. The van der Waals surface area contributed by atoms with Crippen molar-refractivity contribution >= 4 is 0 Å². The van der Waals surface area contributed by atoms with E-state index >= 15 is 0 Å². The number of aryl methyl sites for hydroxylation is 2. The van der Waals surface area contributed by atoms with Gasteiger partial charge in [-0.15, -0.1) is 0 Å². The molecule has 0 amide bonds. The van der Waals surface area contributed by atoms with Gasteiger partial charge < -0.3 is 9.73 Å². The van der Waals surface area contributed by atoms with Crippen molar-refractivity contribution in [2.24, 2.45) is 0 Å². The normalized spacial score (nSPS) is 11.2. The molecule has 20 heavy (non-hydrogen) atoms. The number of hydrogen-bond donors (Lipinski definition) is 1. The van der Waals surface area contributed by atoms with Crippen LogP contribution in [0.4, 0.5) is 0 Å². The highest BCUT2D eigenvalue weighted by atomic mass is 16.3. The standard InChI is InChI=1S/C18H25NO/c1-5-14-7-8-15(6-2)17(11-14)16-9-10-20-18(16)12-19-13(3)4/h7-11,13,19H,5-6,12H2,1-4H3. The molecule has 0 aliphatic carbocycles. The second-order valence-corrected chi connectivity index (χ2v) is 5.49. The van der Waals surface area contributed by atoms with E-state index in [1.54, 1.807) is 6.26 Å². The van der Waals surface area contributed by atoms with Gasteiger partial charge in [-0.3, -0.25) is 0 Å². The van der Waals surface area contributed by atoms with Gasteiger partial charge in [0.15, 0.2) is 0 Å². The van der Waals surface area contributed by atoms with E-state index in [-0.39, 0.29) is 0 Å². The van der Waals surface area contributed by atoms with Gasteiger partial charge in [0.2, 0.25) is 0 Å². The Bertz CT molecular complexity index is 554. The Morgan fingerprint density at radius 3 is 2.50 bits per heavy atom. The van der Waals surface area contributed by atoms with Crippen LogP contribution in [-0.4, -0.2) is 6.04 Å². The summed E-state index contributed by atoms with van der Waals surface area (Å²) in [5.74, 6) is 1.03. The molecule has 1 aromatic heterocycles. The summed E-state index contributed by atoms with van der Waals surface area (Å²) in [5, 5.41) is 3.43. The molecule has 1 aromatic carbocycles. The second-order valence-electron chi connectivity index (χ2n) is 5.49. The van der Waals surface area contributed by atoms with E-state index in [2.05, 4.69) is 57.3 Å². The molecule has 2 rings (SSSR count). The molecule has 2 nitrogen and oxygen atoms in total. The first-order chi connectivity index (χ1) is 9.65. The van der Waals surface area contributed by atoms with Crippen LogP contribution in [0.5, 0.6) is 0 Å². The van der Waals surface area contributed by atoms with Crippen LogP contribution in [0.3, 0.4) is 0 Å². The predicted molar refractivity (Wildman–Crippen MR) is 84.9 cm³/mol. The van der Waals surface area contributed by atoms with Gasteiger partial charge in [-0.2, -0.15) is 0 Å². The molecule has 0 radical (unpaired) electrons. The Balaban J connectivity index is 2.37. The number of rotatable bonds is 6. The van der Waals surface area contributed by atoms with Crippen molar-refractivity contribution in [3.63, 3.8) is 0 Å². The number of nitrogens with one attached hydrogen (secondary N) is 1. The molecule has 0 fully saturated rings. The summed E-state index contributed by atoms with van der Waals surface area (Å²) in [6.07, 6.45) is 3.90. The lowest BCUT2D eigenvalue weighted by Crippen LogP contribution is -2.21. The van der Waals surface area contributed by atoms with E-state index in [9.17, 15) is 0 Å². The highest BCUT2D eigenvalue weighted by molar-refractivity contribution is 5.70. The van der Waals surface area contributed by atoms with Gasteiger partial charge in [0.1, 0.15) is 5.76 Å². The Morgan fingerprint density at radius 1 is 1.05 bits per heavy atom. The van der Waals surface area contributed by atoms with Crippen molar-refractivity contribution in [2.75, 3.05) is 0 Å². The quantitative estimate of drug-likeness (QED) is 0.832. The van der Waals surface area contributed by atoms with Crippen molar-refractivity contribution in [3.05, 3.63) is 47.4 Å². The minimum Gasteiger partial charge on any atom is -0.467 e. The molecule has 1 heterocycles. The number of hydrogen-bond acceptors (Lipinski definition) is 2. The molecule has 0 aliphatic rings. The zero-order valence-corrected chi connectivity index (χ0v) is 13.0. The summed E-state index contributed by atoms with van der Waals surface area (Å²) in [4.78, 5) is 0. The van der Waals surface area contributed by atoms with Gasteiger partial charge in [-0.05, 0) is 35.6 Å². The molecule has 0 atom stereocenters. The molecule has 0 unspecified atom stereocenters. The van der Waals surface area contributed by atoms with Crippen LogP contribution in [0.2, 0.25) is 0 Å². The molecule has 1 N–H and O–H groups in total. The Kier molecular flexibility index (Phi) is 5.02. The highest BCUT2D eigenvalue weighted by Gasteiger charge is 2.12. The predicted octanol–water partition coefficient (Wildman–Crippen LogP) is 4.57. The monoisotopic (exact) mass is 271 g/mol. The lowest BCUT2D eigenvalue weighted by Gasteiger charge is -2.12. The topological polar surface area (TPSA) is 25.2 Å². The van der Waals surface area contributed by atoms with Crippen molar-refractivity contribution in [3.8, 4) is 11.1 Å². The van der Waals surface area contributed by atoms with Crippen molar-refractivity contribution in [1.29, 1.82) is 0 Å². The average Bonchev–Trinajstić information content (AvgIpc) is 2.92. The highest BCUT2D eigenvalue weighted by Crippen LogP contribution is 2.30. The minimum atomic E-state index is 0.459. The zero-order chi connectivity index (χ0) is 14.5. The van der Waals surface area contributed by atoms with Gasteiger partial charge >= 0.3 is 0 Å². The lowest BCUT2D eigenvalue weighted by molar-refractivity contribution is 0.466. The molecule has 0 spiro atoms. The maximum absolute atomic E-state index is 5.68. The Labute approximate surface area is 122 Å². The van der Waals surface area contributed by atoms with Gasteiger partial charge in [-0.1, -0.05) is 45.9 Å². The van der Waals surface area contributed by atoms with Crippen molar-refractivity contribution < 1.29 is 4.42 Å². The Morgan fingerprint density at radius 2 is 1.85 bits per heavy atom. The van der Waals surface area contributed by atoms with E-state index in [1.807, 2.05) is 0 Å². The SMILES string of the molecule is CCc1ccc(CC)c(-c2ccoc2CNC(C)C)c1. The molecule has 0 bridgehead atoms. The third-order valence-electron chi connectivity index (χ3n) is 3.67. The smallest absolute Gasteiger partial charge is 0.125 e. The fourth-order valence-corrected chi connectivity index (χ4v) is 2.42. The maximum atomic E-state index is 5.68. The molecule has 0 saturated carbocycles. The molecule has 2 heteroatoms. The van der Waals surface area contributed by atoms with Gasteiger partial charge in [0.05, 0.1) is 12.8 Å². The second kappa shape index (κ2) is 6.76. The molecular weight excluding hydrogens is 246 g/mol. The largest absolute Gasteiger partial charge is 0.467 e. The molecule has 2 aromatic rings. The van der Waals surface area contributed by atoms with Crippen molar-refractivity contribution in [1.82, 2.24) is 5.32 Å². The van der Waals surface area contributed by atoms with Crippen LogP contribution in [0.15, 0.2) is 34.9 Å². The lowest BCUT2D eigenvalue weighted by atomic mass is 9.95. The van der Waals surface area contributed by atoms with Gasteiger partial charge in [0, 0.05) is 11.6 Å². The summed E-state index contributed by atoms with van der Waals surface area (Å²) in [6, 6.07) is 9.34. The van der Waals surface area contributed by atoms with E-state index in [0.717, 1.165) is 25.1 Å². The van der Waals surface area contributed by atoms with Gasteiger partial charge in [-0.25, -0.2) is 0 Å². The minimum absolute atomic E-state index is 0.459. The third kappa shape index (κ3) is 3.31. The fraction of sp³-hybridized carbons (Fsp3) is 0.444. The number of furan rings is 1. The van der Waals surface area contributed by atoms with E-state index in [0.29, 0.717) is 6.04 Å². The van der Waals surface area contributed by atoms with E-state index in [1.165, 1.54) is 22.3 Å². The van der Waals surface area contributed by atoms with Crippen LogP contribution >= 0.6 is 0 Å². The zero-order valence-electron chi connectivity index (χ0n) is 13.0. The Hall–Kier alpha value is -1.54. The van der Waals surface area contributed by atoms with Crippen LogP contribution in [0, 0.1) is 0 Å². The van der Waals surface area contributed by atoms with E-state index < -0.39 is 0 Å². The summed E-state index contributed by atoms with van der Waals surface area (Å²) in [6.45, 7) is 9.48. The summed E-state index contributed by atoms with van der Waals surface area (Å²) in [5.41, 5.74) is 5.31. The summed E-state index contributed by atoms with van der Waals surface area (Å²) in [7, 11) is 0. The summed E-state index contributed by atoms with van der Waals surface area (Å²) >= 11 is 0. The molecule has 108 valence electrons. The van der Waals surface area contributed by atoms with Crippen LogP contribution in [0.25, 0.3) is 11.1 Å². The van der Waals surface area contributed by atoms with Crippen LogP contribution < -0.4 is 5.32 Å². The van der Waals surface area contributed by atoms with Crippen LogP contribution in [0.1, 0.15) is 44.6 Å². The molecular formula is C18H25NO. The van der Waals surface area contributed by atoms with Crippen LogP contribution in [-0.2, 0) is 19.4 Å². The first-order valence-electron chi connectivity index (χ1n) is 7.57. The number of benzene rings is 1. The third-order valence-corrected chi connectivity index (χ3v) is 3.67. The van der Waals surface area contributed by atoms with E-state index in [4.69, 9.17) is 4.42 Å². The fourth-order valence-electron chi connectivity index (χ4n) is 2.42. The first-order valence-corrected chi connectivity index (χ1v) is 7.57. The van der Waals surface area contributed by atoms with Gasteiger partial charge in [0.25, 0.3) is 0 Å². The van der Waals surface area contributed by atoms with Crippen molar-refractivity contribution in [2.45, 2.75) is 53.1 Å². The maximum Gasteiger partial charge on any atom is 0.125 e. The molecule has 0 aliphatic heterocycles.